The summed E-state index contributed by atoms with van der Waals surface area (Å²) in [6, 6.07) is 7.65. The zero-order valence-electron chi connectivity index (χ0n) is 8.80. The molecule has 0 bridgehead atoms. The highest BCUT2D eigenvalue weighted by molar-refractivity contribution is 5.85. The average Bonchev–Trinajstić information content (AvgIpc) is 2.32. The number of nitrogens with zero attached hydrogens (tertiary/aromatic N) is 2. The Morgan fingerprint density at radius 3 is 2.76 bits per heavy atom. The van der Waals surface area contributed by atoms with Gasteiger partial charge in [0, 0.05) is 12.1 Å². The number of hydrogen-bond acceptors (Lipinski definition) is 3. The predicted octanol–water partition coefficient (Wildman–Crippen LogP) is 1.90. The molecular weight excluding hydrogens is 223 g/mol. The Morgan fingerprint density at radius 2 is 2.06 bits per heavy atom. The van der Waals surface area contributed by atoms with Gasteiger partial charge in [0.05, 0.1) is 0 Å². The Morgan fingerprint density at radius 1 is 1.29 bits per heavy atom. The Labute approximate surface area is 96.8 Å². The molecule has 4 nitrogen and oxygen atoms in total. The summed E-state index contributed by atoms with van der Waals surface area (Å²) < 4.78 is 13.4. The zero-order chi connectivity index (χ0) is 12.3. The molecule has 86 valence electrons. The zero-order valence-corrected chi connectivity index (χ0v) is 8.80. The highest BCUT2D eigenvalue weighted by atomic mass is 19.1. The molecule has 2 rings (SSSR count). The molecule has 0 saturated carbocycles. The van der Waals surface area contributed by atoms with Crippen molar-refractivity contribution in [2.75, 3.05) is 0 Å². The molecule has 5 heteroatoms. The van der Waals surface area contributed by atoms with Crippen LogP contribution in [0.1, 0.15) is 21.7 Å². The van der Waals surface area contributed by atoms with E-state index in [4.69, 9.17) is 5.11 Å². The molecule has 1 N–H and O–H groups in total. The van der Waals surface area contributed by atoms with Crippen LogP contribution < -0.4 is 0 Å². The highest BCUT2D eigenvalue weighted by Crippen LogP contribution is 2.11. The maximum Gasteiger partial charge on any atom is 0.354 e. The first kappa shape index (κ1) is 11.2. The summed E-state index contributed by atoms with van der Waals surface area (Å²) in [5, 5.41) is 8.77. The van der Waals surface area contributed by atoms with E-state index >= 15 is 0 Å². The second-order valence-corrected chi connectivity index (χ2v) is 3.47. The molecule has 0 aliphatic rings. The maximum absolute atomic E-state index is 13.4. The molecule has 0 radical (unpaired) electrons. The van der Waals surface area contributed by atoms with E-state index in [-0.39, 0.29) is 17.9 Å². The van der Waals surface area contributed by atoms with Crippen molar-refractivity contribution in [2.45, 2.75) is 6.42 Å². The molecule has 2 aromatic rings. The van der Waals surface area contributed by atoms with E-state index in [0.717, 1.165) is 0 Å². The summed E-state index contributed by atoms with van der Waals surface area (Å²) >= 11 is 0. The molecule has 0 fully saturated rings. The Bertz CT molecular complexity index is 558. The maximum atomic E-state index is 13.4. The fraction of sp³-hybridized carbons (Fsp3) is 0.0833. The quantitative estimate of drug-likeness (QED) is 0.877. The lowest BCUT2D eigenvalue weighted by Gasteiger charge is -2.02. The fourth-order valence-electron chi connectivity index (χ4n) is 1.45. The lowest BCUT2D eigenvalue weighted by Crippen LogP contribution is -2.03. The van der Waals surface area contributed by atoms with Gasteiger partial charge in [0.15, 0.2) is 5.69 Å². The largest absolute Gasteiger partial charge is 0.477 e. The standard InChI is InChI=1S/C12H9FN2O2/c13-10-4-2-1-3-8(10)5-9-6-11(12(16)17)15-7-14-9/h1-4,6-7H,5H2,(H,16,17). The first-order valence-electron chi connectivity index (χ1n) is 4.94. The number of aromatic nitrogens is 2. The van der Waals surface area contributed by atoms with E-state index in [1.54, 1.807) is 18.2 Å². The van der Waals surface area contributed by atoms with Gasteiger partial charge in [-0.3, -0.25) is 0 Å². The molecular formula is C12H9FN2O2. The topological polar surface area (TPSA) is 63.1 Å². The third-order valence-electron chi connectivity index (χ3n) is 2.27. The van der Waals surface area contributed by atoms with Crippen LogP contribution in [-0.4, -0.2) is 21.0 Å². The van der Waals surface area contributed by atoms with E-state index in [9.17, 15) is 9.18 Å². The third-order valence-corrected chi connectivity index (χ3v) is 2.27. The van der Waals surface area contributed by atoms with Crippen LogP contribution in [0.4, 0.5) is 4.39 Å². The molecule has 0 unspecified atom stereocenters. The predicted molar refractivity (Wildman–Crippen MR) is 58.2 cm³/mol. The van der Waals surface area contributed by atoms with E-state index < -0.39 is 5.97 Å². The Kier molecular flexibility index (Phi) is 3.09. The van der Waals surface area contributed by atoms with Crippen LogP contribution in [0.3, 0.4) is 0 Å². The lowest BCUT2D eigenvalue weighted by atomic mass is 10.1. The molecule has 1 aromatic heterocycles. The summed E-state index contributed by atoms with van der Waals surface area (Å²) in [6.07, 6.45) is 1.41. The number of carboxylic acid groups (broad SMARTS) is 1. The molecule has 0 aliphatic carbocycles. The first-order valence-corrected chi connectivity index (χ1v) is 4.94. The number of carbonyl (C=O) groups is 1. The van der Waals surface area contributed by atoms with Crippen molar-refractivity contribution in [2.24, 2.45) is 0 Å². The van der Waals surface area contributed by atoms with Crippen molar-refractivity contribution in [1.29, 1.82) is 0 Å². The van der Waals surface area contributed by atoms with Crippen molar-refractivity contribution in [3.63, 3.8) is 0 Å². The van der Waals surface area contributed by atoms with Crippen molar-refractivity contribution in [1.82, 2.24) is 9.97 Å². The minimum absolute atomic E-state index is 0.0914. The minimum Gasteiger partial charge on any atom is -0.477 e. The number of benzene rings is 1. The molecule has 0 atom stereocenters. The second kappa shape index (κ2) is 4.69. The average molecular weight is 232 g/mol. The van der Waals surface area contributed by atoms with Gasteiger partial charge in [-0.1, -0.05) is 18.2 Å². The van der Waals surface area contributed by atoms with Crippen LogP contribution in [0.5, 0.6) is 0 Å². The van der Waals surface area contributed by atoms with Gasteiger partial charge in [-0.2, -0.15) is 0 Å². The van der Waals surface area contributed by atoms with Crippen LogP contribution in [0.25, 0.3) is 0 Å². The van der Waals surface area contributed by atoms with Crippen molar-refractivity contribution in [3.8, 4) is 0 Å². The summed E-state index contributed by atoms with van der Waals surface area (Å²) in [5.74, 6) is -1.45. The second-order valence-electron chi connectivity index (χ2n) is 3.47. The number of halogens is 1. The Hall–Kier alpha value is -2.30. The summed E-state index contributed by atoms with van der Waals surface area (Å²) in [5.41, 5.74) is 0.858. The Balaban J connectivity index is 2.28. The number of hydrogen-bond donors (Lipinski definition) is 1. The number of rotatable bonds is 3. The molecule has 0 amide bonds. The van der Waals surface area contributed by atoms with E-state index in [1.165, 1.54) is 18.5 Å². The number of aromatic carboxylic acids is 1. The van der Waals surface area contributed by atoms with Gasteiger partial charge in [-0.25, -0.2) is 19.2 Å². The van der Waals surface area contributed by atoms with E-state index in [2.05, 4.69) is 9.97 Å². The van der Waals surface area contributed by atoms with Crippen LogP contribution in [-0.2, 0) is 6.42 Å². The van der Waals surface area contributed by atoms with Gasteiger partial charge in [-0.05, 0) is 17.7 Å². The monoisotopic (exact) mass is 232 g/mol. The molecule has 0 saturated heterocycles. The minimum atomic E-state index is -1.12. The molecule has 0 spiro atoms. The van der Waals surface area contributed by atoms with E-state index in [0.29, 0.717) is 11.3 Å². The fourth-order valence-corrected chi connectivity index (χ4v) is 1.45. The normalized spacial score (nSPS) is 10.2. The van der Waals surface area contributed by atoms with Gasteiger partial charge in [0.25, 0.3) is 0 Å². The van der Waals surface area contributed by atoms with Crippen LogP contribution >= 0.6 is 0 Å². The lowest BCUT2D eigenvalue weighted by molar-refractivity contribution is 0.0690. The SMILES string of the molecule is O=C(O)c1cc(Cc2ccccc2F)ncn1. The van der Waals surface area contributed by atoms with E-state index in [1.807, 2.05) is 0 Å². The van der Waals surface area contributed by atoms with Gasteiger partial charge in [0.2, 0.25) is 0 Å². The summed E-state index contributed by atoms with van der Waals surface area (Å²) in [6.45, 7) is 0. The smallest absolute Gasteiger partial charge is 0.354 e. The summed E-state index contributed by atoms with van der Waals surface area (Å²) in [7, 11) is 0. The molecule has 1 aromatic carbocycles. The van der Waals surface area contributed by atoms with Crippen molar-refractivity contribution in [3.05, 3.63) is 59.4 Å². The van der Waals surface area contributed by atoms with Crippen LogP contribution in [0.2, 0.25) is 0 Å². The van der Waals surface area contributed by atoms with Gasteiger partial charge in [0.1, 0.15) is 12.1 Å². The van der Waals surface area contributed by atoms with Crippen molar-refractivity contribution < 1.29 is 14.3 Å². The van der Waals surface area contributed by atoms with Gasteiger partial charge in [-0.15, -0.1) is 0 Å². The first-order chi connectivity index (χ1) is 8.16. The number of carboxylic acids is 1. The third kappa shape index (κ3) is 2.63. The molecule has 0 aliphatic heterocycles. The van der Waals surface area contributed by atoms with Crippen LogP contribution in [0, 0.1) is 5.82 Å². The van der Waals surface area contributed by atoms with Gasteiger partial charge < -0.3 is 5.11 Å². The summed E-state index contributed by atoms with van der Waals surface area (Å²) in [4.78, 5) is 18.2. The van der Waals surface area contributed by atoms with Crippen LogP contribution in [0.15, 0.2) is 36.7 Å². The highest BCUT2D eigenvalue weighted by Gasteiger charge is 2.08. The van der Waals surface area contributed by atoms with Gasteiger partial charge >= 0.3 is 5.97 Å². The molecule has 17 heavy (non-hydrogen) atoms. The molecule has 1 heterocycles. The van der Waals surface area contributed by atoms with Crippen molar-refractivity contribution >= 4 is 5.97 Å².